The molecule has 1 aromatic carbocycles. The molecule has 8 heteroatoms. The van der Waals surface area contributed by atoms with Gasteiger partial charge < -0.3 is 18.9 Å². The Morgan fingerprint density at radius 2 is 2.00 bits per heavy atom. The number of rotatable bonds is 1. The van der Waals surface area contributed by atoms with Gasteiger partial charge in [-0.05, 0) is 44.4 Å². The van der Waals surface area contributed by atoms with Crippen molar-refractivity contribution in [3.63, 3.8) is 0 Å². The Labute approximate surface area is 175 Å². The highest BCUT2D eigenvalue weighted by Gasteiger charge is 2.23. The third kappa shape index (κ3) is 4.08. The van der Waals surface area contributed by atoms with Crippen molar-refractivity contribution in [3.05, 3.63) is 30.6 Å². The van der Waals surface area contributed by atoms with E-state index in [2.05, 4.69) is 17.2 Å². The molecule has 30 heavy (non-hydrogen) atoms. The molecule has 0 aliphatic carbocycles. The molecular weight excluding hydrogens is 384 g/mol. The van der Waals surface area contributed by atoms with E-state index < -0.39 is 0 Å². The lowest BCUT2D eigenvalue weighted by Gasteiger charge is -2.23. The zero-order chi connectivity index (χ0) is 20.3. The summed E-state index contributed by atoms with van der Waals surface area (Å²) in [7, 11) is 0. The molecule has 2 aromatic heterocycles. The van der Waals surface area contributed by atoms with Gasteiger partial charge in [-0.1, -0.05) is 0 Å². The van der Waals surface area contributed by atoms with Crippen molar-refractivity contribution in [1.82, 2.24) is 19.6 Å². The number of fused-ring (bicyclic) bond motifs is 4. The van der Waals surface area contributed by atoms with E-state index in [1.54, 1.807) is 0 Å². The molecule has 1 saturated heterocycles. The fraction of sp³-hybridized carbons (Fsp3) is 0.545. The van der Waals surface area contributed by atoms with Gasteiger partial charge in [0.25, 0.3) is 0 Å². The van der Waals surface area contributed by atoms with Crippen LogP contribution in [0.4, 0.5) is 0 Å². The Morgan fingerprint density at radius 3 is 2.90 bits per heavy atom. The van der Waals surface area contributed by atoms with E-state index in [9.17, 15) is 0 Å². The first kappa shape index (κ1) is 19.5. The Balaban J connectivity index is 1.57. The van der Waals surface area contributed by atoms with Gasteiger partial charge >= 0.3 is 0 Å². The fourth-order valence-electron chi connectivity index (χ4n) is 4.04. The van der Waals surface area contributed by atoms with E-state index in [4.69, 9.17) is 24.0 Å². The van der Waals surface area contributed by atoms with E-state index in [1.807, 2.05) is 34.7 Å². The van der Waals surface area contributed by atoms with Crippen molar-refractivity contribution < 1.29 is 18.9 Å². The van der Waals surface area contributed by atoms with Gasteiger partial charge in [-0.2, -0.15) is 10.2 Å². The highest BCUT2D eigenvalue weighted by atomic mass is 16.5. The van der Waals surface area contributed by atoms with Gasteiger partial charge in [0, 0.05) is 23.8 Å². The van der Waals surface area contributed by atoms with Gasteiger partial charge in [0.2, 0.25) is 0 Å². The maximum Gasteiger partial charge on any atom is 0.150 e. The summed E-state index contributed by atoms with van der Waals surface area (Å²) >= 11 is 0. The number of ether oxygens (including phenoxy) is 4. The number of hydrogen-bond donors (Lipinski definition) is 0. The first-order valence-electron chi connectivity index (χ1n) is 10.8. The van der Waals surface area contributed by atoms with Crippen LogP contribution >= 0.6 is 0 Å². The van der Waals surface area contributed by atoms with Crippen LogP contribution in [0.3, 0.4) is 0 Å². The molecule has 0 spiro atoms. The summed E-state index contributed by atoms with van der Waals surface area (Å²) in [6.07, 6.45) is 7.03. The normalized spacial score (nSPS) is 23.5. The fourth-order valence-corrected chi connectivity index (χ4v) is 4.04. The summed E-state index contributed by atoms with van der Waals surface area (Å²) in [5.41, 5.74) is 2.92. The predicted octanol–water partition coefficient (Wildman–Crippen LogP) is 3.41. The second-order valence-corrected chi connectivity index (χ2v) is 7.90. The number of aromatic nitrogens is 4. The topological polar surface area (TPSA) is 72.6 Å². The molecular formula is C22H28N4O4. The van der Waals surface area contributed by atoms with Crippen LogP contribution in [-0.2, 0) is 20.8 Å². The second kappa shape index (κ2) is 8.75. The molecule has 4 heterocycles. The Morgan fingerprint density at radius 1 is 1.07 bits per heavy atom. The highest BCUT2D eigenvalue weighted by molar-refractivity contribution is 5.94. The Hall–Kier alpha value is -2.42. The molecule has 5 rings (SSSR count). The van der Waals surface area contributed by atoms with Crippen molar-refractivity contribution in [2.75, 3.05) is 33.0 Å². The van der Waals surface area contributed by atoms with Crippen LogP contribution < -0.4 is 4.74 Å². The third-order valence-corrected chi connectivity index (χ3v) is 5.54. The molecule has 1 unspecified atom stereocenters. The van der Waals surface area contributed by atoms with Crippen LogP contribution in [-0.4, -0.2) is 58.7 Å². The van der Waals surface area contributed by atoms with Crippen LogP contribution in [0.15, 0.2) is 30.6 Å². The molecule has 0 saturated carbocycles. The molecule has 0 N–H and O–H groups in total. The van der Waals surface area contributed by atoms with Gasteiger partial charge in [-0.15, -0.1) is 0 Å². The van der Waals surface area contributed by atoms with Crippen LogP contribution in [0.1, 0.15) is 32.4 Å². The summed E-state index contributed by atoms with van der Waals surface area (Å²) in [4.78, 5) is 0. The first-order valence-corrected chi connectivity index (χ1v) is 10.8. The van der Waals surface area contributed by atoms with Crippen molar-refractivity contribution >= 4 is 10.9 Å². The lowest BCUT2D eigenvalue weighted by atomic mass is 10.1. The molecule has 8 nitrogen and oxygen atoms in total. The van der Waals surface area contributed by atoms with E-state index in [0.717, 1.165) is 53.8 Å². The van der Waals surface area contributed by atoms with Gasteiger partial charge in [0.15, 0.2) is 6.23 Å². The number of nitrogens with zero attached hydrogens (tertiary/aromatic N) is 4. The van der Waals surface area contributed by atoms with Crippen molar-refractivity contribution in [2.24, 2.45) is 0 Å². The molecule has 160 valence electrons. The molecule has 0 radical (unpaired) electrons. The molecule has 2 aliphatic heterocycles. The minimum Gasteiger partial charge on any atom is -0.488 e. The van der Waals surface area contributed by atoms with Crippen molar-refractivity contribution in [3.8, 4) is 17.0 Å². The summed E-state index contributed by atoms with van der Waals surface area (Å²) < 4.78 is 27.4. The summed E-state index contributed by atoms with van der Waals surface area (Å²) in [6.45, 7) is 5.69. The Bertz CT molecular complexity index is 992. The average molecular weight is 412 g/mol. The van der Waals surface area contributed by atoms with E-state index >= 15 is 0 Å². The number of hydrogen-bond acceptors (Lipinski definition) is 6. The third-order valence-electron chi connectivity index (χ3n) is 5.54. The van der Waals surface area contributed by atoms with Gasteiger partial charge in [-0.25, -0.2) is 4.68 Å². The second-order valence-electron chi connectivity index (χ2n) is 7.90. The van der Waals surface area contributed by atoms with E-state index in [-0.39, 0.29) is 12.3 Å². The lowest BCUT2D eigenvalue weighted by Crippen LogP contribution is -2.21. The smallest absolute Gasteiger partial charge is 0.150 e. The molecule has 3 aromatic rings. The van der Waals surface area contributed by atoms with Gasteiger partial charge in [-0.3, -0.25) is 4.68 Å². The summed E-state index contributed by atoms with van der Waals surface area (Å²) in [6, 6.07) is 6.15. The molecule has 2 aliphatic rings. The molecule has 1 fully saturated rings. The zero-order valence-corrected chi connectivity index (χ0v) is 17.3. The van der Waals surface area contributed by atoms with E-state index in [1.165, 1.54) is 0 Å². The molecule has 4 bridgehead atoms. The van der Waals surface area contributed by atoms with Crippen LogP contribution in [0, 0.1) is 0 Å². The predicted molar refractivity (Wildman–Crippen MR) is 112 cm³/mol. The number of benzene rings is 1. The first-order chi connectivity index (χ1) is 14.8. The quantitative estimate of drug-likeness (QED) is 0.610. The van der Waals surface area contributed by atoms with Crippen LogP contribution in [0.5, 0.6) is 5.75 Å². The largest absolute Gasteiger partial charge is 0.488 e. The average Bonchev–Trinajstić information content (AvgIpc) is 3.37. The highest BCUT2D eigenvalue weighted by Crippen LogP contribution is 2.35. The van der Waals surface area contributed by atoms with Crippen LogP contribution in [0.2, 0.25) is 0 Å². The maximum absolute atomic E-state index is 6.11. The summed E-state index contributed by atoms with van der Waals surface area (Å²) in [5, 5.41) is 10.5. The summed E-state index contributed by atoms with van der Waals surface area (Å²) in [5.74, 6) is 0.805. The monoisotopic (exact) mass is 412 g/mol. The Kier molecular flexibility index (Phi) is 5.70. The lowest BCUT2D eigenvalue weighted by molar-refractivity contribution is -0.0365. The van der Waals surface area contributed by atoms with E-state index in [0.29, 0.717) is 33.0 Å². The standard InChI is InChI=1S/C22H28N4O4/c1-16-15-28-11-10-27-9-7-25-14-17(13-23-25)22-19-12-18(30-16)5-6-20(19)26(24-22)21-4-2-3-8-29-21/h5-6,12-14,16,21H,2-4,7-11,15H2,1H3/t16-,21?/m0/s1. The molecule has 2 atom stereocenters. The van der Waals surface area contributed by atoms with Crippen molar-refractivity contribution in [1.29, 1.82) is 0 Å². The minimum atomic E-state index is -0.0571. The maximum atomic E-state index is 6.11. The zero-order valence-electron chi connectivity index (χ0n) is 17.3. The van der Waals surface area contributed by atoms with Gasteiger partial charge in [0.05, 0.1) is 44.7 Å². The molecule has 0 amide bonds. The van der Waals surface area contributed by atoms with Gasteiger partial charge in [0.1, 0.15) is 17.5 Å². The van der Waals surface area contributed by atoms with Crippen molar-refractivity contribution in [2.45, 2.75) is 45.1 Å². The SMILES string of the molecule is C[C@H]1COCCOCCn2cc(cn2)-c2nn(C3CCCCO3)c3ccc(cc23)O1. The minimum absolute atomic E-state index is 0.0355. The van der Waals surface area contributed by atoms with Crippen LogP contribution in [0.25, 0.3) is 22.2 Å².